The van der Waals surface area contributed by atoms with E-state index in [1.54, 1.807) is 65.8 Å². The van der Waals surface area contributed by atoms with Crippen molar-refractivity contribution in [1.29, 1.82) is 0 Å². The number of methoxy groups -OCH3 is 1. The Bertz CT molecular complexity index is 1360. The first-order chi connectivity index (χ1) is 20.1. The third kappa shape index (κ3) is 8.42. The molecule has 3 rings (SSSR count). The Morgan fingerprint density at radius 2 is 1.77 bits per heavy atom. The van der Waals surface area contributed by atoms with Gasteiger partial charge in [0, 0.05) is 19.0 Å². The van der Waals surface area contributed by atoms with Crippen LogP contribution in [0.1, 0.15) is 88.8 Å². The van der Waals surface area contributed by atoms with Gasteiger partial charge < -0.3 is 14.4 Å². The molecule has 0 aromatic heterocycles. The van der Waals surface area contributed by atoms with Gasteiger partial charge in [-0.25, -0.2) is 4.79 Å². The van der Waals surface area contributed by atoms with Crippen molar-refractivity contribution in [2.24, 2.45) is 0 Å². The Hall–Kier alpha value is -4.23. The lowest BCUT2D eigenvalue weighted by molar-refractivity contribution is -0.385. The maximum Gasteiger partial charge on any atom is 0.472 e. The van der Waals surface area contributed by atoms with Gasteiger partial charge in [0.05, 0.1) is 30.3 Å². The zero-order valence-electron chi connectivity index (χ0n) is 25.8. The molecule has 0 N–H and O–H groups in total. The van der Waals surface area contributed by atoms with Crippen LogP contribution in [0.25, 0.3) is 0 Å². The second-order valence-electron chi connectivity index (χ2n) is 11.8. The van der Waals surface area contributed by atoms with Gasteiger partial charge in [-0.2, -0.15) is 4.89 Å². The van der Waals surface area contributed by atoms with Crippen LogP contribution in [0.3, 0.4) is 0 Å². The first-order valence-electron chi connectivity index (χ1n) is 13.9. The van der Waals surface area contributed by atoms with Crippen LogP contribution >= 0.6 is 0 Å². The van der Waals surface area contributed by atoms with Crippen LogP contribution in [0.5, 0.6) is 11.5 Å². The van der Waals surface area contributed by atoms with E-state index in [9.17, 15) is 24.5 Å². The van der Waals surface area contributed by atoms with Crippen LogP contribution in [0.15, 0.2) is 36.4 Å². The fourth-order valence-electron chi connectivity index (χ4n) is 4.46. The van der Waals surface area contributed by atoms with Crippen LogP contribution in [-0.4, -0.2) is 57.7 Å². The lowest BCUT2D eigenvalue weighted by Crippen LogP contribution is -2.43. The van der Waals surface area contributed by atoms with Gasteiger partial charge >= 0.3 is 6.09 Å². The molecular weight excluding hydrogens is 562 g/mol. The number of carbonyl (C=O) groups excluding carboxylic acids is 3. The lowest BCUT2D eigenvalue weighted by atomic mass is 9.99. The van der Waals surface area contributed by atoms with E-state index < -0.39 is 40.1 Å². The average molecular weight is 602 g/mol. The minimum absolute atomic E-state index is 0.00275. The molecule has 1 atom stereocenters. The van der Waals surface area contributed by atoms with E-state index >= 15 is 0 Å². The molecule has 0 fully saturated rings. The van der Waals surface area contributed by atoms with Crippen molar-refractivity contribution in [3.05, 3.63) is 63.2 Å². The molecule has 0 spiro atoms. The summed E-state index contributed by atoms with van der Waals surface area (Å²) in [6.07, 6.45) is -1.39. The van der Waals surface area contributed by atoms with E-state index in [0.29, 0.717) is 34.3 Å². The highest BCUT2D eigenvalue weighted by atomic mass is 17.2. The smallest absolute Gasteiger partial charge is 0.472 e. The van der Waals surface area contributed by atoms with Crippen molar-refractivity contribution in [1.82, 2.24) is 9.96 Å². The fourth-order valence-corrected chi connectivity index (χ4v) is 4.46. The van der Waals surface area contributed by atoms with Crippen LogP contribution in [0.4, 0.5) is 10.5 Å². The van der Waals surface area contributed by atoms with Gasteiger partial charge in [0.25, 0.3) is 17.5 Å². The number of nitrogens with zero attached hydrogens (tertiary/aromatic N) is 3. The summed E-state index contributed by atoms with van der Waals surface area (Å²) in [5.74, 6) is -0.390. The van der Waals surface area contributed by atoms with Gasteiger partial charge in [-0.15, -0.1) is 5.06 Å². The van der Waals surface area contributed by atoms with Crippen molar-refractivity contribution in [2.75, 3.05) is 13.7 Å². The Kier molecular flexibility index (Phi) is 10.4. The molecule has 3 amide bonds. The molecule has 0 aliphatic carbocycles. The number of hydroxylamine groups is 2. The minimum Gasteiger partial charge on any atom is -0.493 e. The van der Waals surface area contributed by atoms with Crippen molar-refractivity contribution >= 4 is 23.6 Å². The number of fused-ring (bicyclic) bond motifs is 1. The summed E-state index contributed by atoms with van der Waals surface area (Å²) in [6, 6.07) is 8.85. The normalized spacial score (nSPS) is 13.8. The second-order valence-corrected chi connectivity index (χ2v) is 11.8. The highest BCUT2D eigenvalue weighted by molar-refractivity contribution is 6.02. The Morgan fingerprint density at radius 1 is 1.07 bits per heavy atom. The zero-order chi connectivity index (χ0) is 32.1. The van der Waals surface area contributed by atoms with Crippen molar-refractivity contribution in [3.63, 3.8) is 0 Å². The maximum absolute atomic E-state index is 13.7. The molecule has 13 heteroatoms. The number of amides is 3. The van der Waals surface area contributed by atoms with Gasteiger partial charge in [0.15, 0.2) is 11.5 Å². The van der Waals surface area contributed by atoms with E-state index in [4.69, 9.17) is 24.1 Å². The molecule has 1 aliphatic heterocycles. The number of carbonyl (C=O) groups is 3. The molecular formula is C30H39N3O10. The van der Waals surface area contributed by atoms with Gasteiger partial charge in [-0.1, -0.05) is 18.2 Å². The largest absolute Gasteiger partial charge is 0.493 e. The predicted octanol–water partition coefficient (Wildman–Crippen LogP) is 5.90. The van der Waals surface area contributed by atoms with E-state index in [2.05, 4.69) is 0 Å². The molecule has 2 aromatic rings. The number of ether oxygens (including phenoxy) is 2. The Labute approximate surface area is 250 Å². The van der Waals surface area contributed by atoms with Crippen LogP contribution in [0, 0.1) is 10.1 Å². The Balaban J connectivity index is 1.97. The zero-order valence-corrected chi connectivity index (χ0v) is 25.8. The molecule has 0 saturated carbocycles. The molecule has 0 bridgehead atoms. The second kappa shape index (κ2) is 13.4. The molecule has 0 radical (unpaired) electrons. The molecule has 0 unspecified atom stereocenters. The molecule has 0 saturated heterocycles. The summed E-state index contributed by atoms with van der Waals surface area (Å²) < 4.78 is 11.1. The van der Waals surface area contributed by atoms with Crippen LogP contribution in [-0.2, 0) is 26.0 Å². The van der Waals surface area contributed by atoms with Crippen molar-refractivity contribution in [3.8, 4) is 11.5 Å². The number of rotatable bonds is 11. The summed E-state index contributed by atoms with van der Waals surface area (Å²) in [6.45, 7) is 12.2. The van der Waals surface area contributed by atoms with E-state index in [1.165, 1.54) is 24.1 Å². The highest BCUT2D eigenvalue weighted by Crippen LogP contribution is 2.40. The van der Waals surface area contributed by atoms with E-state index in [1.807, 2.05) is 6.92 Å². The SMILES string of the molecule is CCOc1cc([C@@H](CCC(=O)N(OC(C)(C)C)C(=O)OOC(C)(C)C)N2Cc3cccc([N+](=O)[O-])c3C2=O)ccc1OC. The summed E-state index contributed by atoms with van der Waals surface area (Å²) >= 11 is 0. The Morgan fingerprint density at radius 3 is 2.35 bits per heavy atom. The number of hydrogen-bond donors (Lipinski definition) is 0. The quantitative estimate of drug-likeness (QED) is 0.173. The molecule has 1 aliphatic rings. The third-order valence-electron chi connectivity index (χ3n) is 6.14. The summed E-state index contributed by atoms with van der Waals surface area (Å²) in [7, 11) is 1.50. The summed E-state index contributed by atoms with van der Waals surface area (Å²) in [5.41, 5.74) is -0.974. The number of hydrogen-bond acceptors (Lipinski definition) is 10. The molecule has 43 heavy (non-hydrogen) atoms. The van der Waals surface area contributed by atoms with Gasteiger partial charge in [0.1, 0.15) is 11.2 Å². The van der Waals surface area contributed by atoms with E-state index in [0.717, 1.165) is 0 Å². The maximum atomic E-state index is 13.7. The fraction of sp³-hybridized carbons (Fsp3) is 0.500. The monoisotopic (exact) mass is 601 g/mol. The highest BCUT2D eigenvalue weighted by Gasteiger charge is 2.40. The van der Waals surface area contributed by atoms with Crippen molar-refractivity contribution in [2.45, 2.75) is 85.1 Å². The summed E-state index contributed by atoms with van der Waals surface area (Å²) in [5, 5.41) is 12.2. The van der Waals surface area contributed by atoms with E-state index in [-0.39, 0.29) is 30.6 Å². The number of benzene rings is 2. The minimum atomic E-state index is -1.16. The van der Waals surface area contributed by atoms with Crippen LogP contribution < -0.4 is 9.47 Å². The topological polar surface area (TPSA) is 147 Å². The van der Waals surface area contributed by atoms with Crippen molar-refractivity contribution < 1.29 is 43.4 Å². The number of nitro benzene ring substituents is 1. The van der Waals surface area contributed by atoms with Gasteiger partial charge in [0.2, 0.25) is 0 Å². The molecule has 2 aromatic carbocycles. The predicted molar refractivity (Wildman–Crippen MR) is 154 cm³/mol. The third-order valence-corrected chi connectivity index (χ3v) is 6.14. The standard InChI is InChI=1S/C30H39N3O10/c1-9-40-24-17-19(13-15-23(24)39-8)21(31-18-20-11-10-12-22(33(37)38)26(20)27(31)35)14-16-25(34)32(42-29(2,3)4)28(36)41-43-30(5,6)7/h10-13,15,17,21H,9,14,16,18H2,1-8H3/t21-/m1/s1. The van der Waals surface area contributed by atoms with Gasteiger partial charge in [-0.05, 0) is 78.1 Å². The first-order valence-corrected chi connectivity index (χ1v) is 13.9. The molecule has 1 heterocycles. The number of nitro groups is 1. The lowest BCUT2D eigenvalue weighted by Gasteiger charge is -2.31. The average Bonchev–Trinajstić information content (AvgIpc) is 3.25. The van der Waals surface area contributed by atoms with Gasteiger partial charge in [-0.3, -0.25) is 29.4 Å². The molecule has 234 valence electrons. The summed E-state index contributed by atoms with van der Waals surface area (Å²) in [4.78, 5) is 68.2. The van der Waals surface area contributed by atoms with Crippen LogP contribution in [0.2, 0.25) is 0 Å². The number of imide groups is 1. The first kappa shape index (κ1) is 33.3. The molecule has 13 nitrogen and oxygen atoms in total.